The minimum Gasteiger partial charge on any atom is -0.326 e. The summed E-state index contributed by atoms with van der Waals surface area (Å²) in [5.41, 5.74) is 0.539. The third kappa shape index (κ3) is 3.80. The van der Waals surface area contributed by atoms with Gasteiger partial charge in [-0.2, -0.15) is 5.26 Å². The van der Waals surface area contributed by atoms with Crippen molar-refractivity contribution in [3.05, 3.63) is 24.3 Å². The number of anilines is 1. The molecule has 2 atom stereocenters. The lowest BCUT2D eigenvalue weighted by molar-refractivity contribution is -0.114. The molecule has 1 saturated carbocycles. The Kier molecular flexibility index (Phi) is 4.60. The van der Waals surface area contributed by atoms with Crippen molar-refractivity contribution in [3.63, 3.8) is 0 Å². The molecule has 112 valence electrons. The Hall–Kier alpha value is -1.91. The summed E-state index contributed by atoms with van der Waals surface area (Å²) < 4.78 is 27.1. The summed E-state index contributed by atoms with van der Waals surface area (Å²) in [6.07, 6.45) is 2.26. The number of amides is 1. The van der Waals surface area contributed by atoms with Crippen LogP contribution in [-0.4, -0.2) is 20.4 Å². The number of benzene rings is 1. The van der Waals surface area contributed by atoms with E-state index in [9.17, 15) is 13.2 Å². The fraction of sp³-hybridized carbons (Fsp3) is 0.429. The Bertz CT molecular complexity index is 662. The van der Waals surface area contributed by atoms with E-state index >= 15 is 0 Å². The molecule has 1 aromatic rings. The molecule has 0 heterocycles. The quantitative estimate of drug-likeness (QED) is 0.882. The first kappa shape index (κ1) is 15.5. The summed E-state index contributed by atoms with van der Waals surface area (Å²) in [6, 6.07) is 7.76. The Morgan fingerprint density at radius 3 is 2.52 bits per heavy atom. The zero-order valence-corrected chi connectivity index (χ0v) is 12.5. The summed E-state index contributed by atoms with van der Waals surface area (Å²) >= 11 is 0. The van der Waals surface area contributed by atoms with Crippen LogP contribution < -0.4 is 10.0 Å². The van der Waals surface area contributed by atoms with E-state index in [1.165, 1.54) is 31.2 Å². The Morgan fingerprint density at radius 2 is 1.95 bits per heavy atom. The molecule has 1 fully saturated rings. The van der Waals surface area contributed by atoms with E-state index in [0.29, 0.717) is 12.1 Å². The SMILES string of the molecule is CC(=O)Nc1ccc(S(=O)(=O)NC2CCCC2C#N)cc1. The van der Waals surface area contributed by atoms with E-state index in [0.717, 1.165) is 12.8 Å². The number of hydrogen-bond acceptors (Lipinski definition) is 4. The number of carbonyl (C=O) groups is 1. The topological polar surface area (TPSA) is 99.1 Å². The Balaban J connectivity index is 2.12. The van der Waals surface area contributed by atoms with Gasteiger partial charge in [0.05, 0.1) is 16.9 Å². The van der Waals surface area contributed by atoms with E-state index < -0.39 is 10.0 Å². The lowest BCUT2D eigenvalue weighted by Crippen LogP contribution is -2.36. The zero-order chi connectivity index (χ0) is 15.5. The number of sulfonamides is 1. The highest BCUT2D eigenvalue weighted by Gasteiger charge is 2.31. The molecule has 7 heteroatoms. The summed E-state index contributed by atoms with van der Waals surface area (Å²) in [5.74, 6) is -0.482. The van der Waals surface area contributed by atoms with Gasteiger partial charge in [-0.1, -0.05) is 6.42 Å². The van der Waals surface area contributed by atoms with E-state index in [1.54, 1.807) is 0 Å². The second-order valence-electron chi connectivity index (χ2n) is 5.10. The maximum Gasteiger partial charge on any atom is 0.240 e. The van der Waals surface area contributed by atoms with Crippen LogP contribution in [0.4, 0.5) is 5.69 Å². The van der Waals surface area contributed by atoms with Crippen molar-refractivity contribution in [2.75, 3.05) is 5.32 Å². The first-order valence-corrected chi connectivity index (χ1v) is 8.20. The monoisotopic (exact) mass is 307 g/mol. The highest BCUT2D eigenvalue weighted by atomic mass is 32.2. The number of carbonyl (C=O) groups excluding carboxylic acids is 1. The van der Waals surface area contributed by atoms with E-state index in [2.05, 4.69) is 16.1 Å². The van der Waals surface area contributed by atoms with Crippen molar-refractivity contribution in [3.8, 4) is 6.07 Å². The maximum absolute atomic E-state index is 12.3. The van der Waals surface area contributed by atoms with Gasteiger partial charge >= 0.3 is 0 Å². The predicted molar refractivity (Wildman–Crippen MR) is 77.8 cm³/mol. The lowest BCUT2D eigenvalue weighted by atomic mass is 10.1. The molecule has 0 spiro atoms. The highest BCUT2D eigenvalue weighted by Crippen LogP contribution is 2.26. The minimum absolute atomic E-state index is 0.125. The van der Waals surface area contributed by atoms with Gasteiger partial charge in [-0.25, -0.2) is 13.1 Å². The molecule has 2 rings (SSSR count). The predicted octanol–water partition coefficient (Wildman–Crippen LogP) is 1.62. The molecule has 21 heavy (non-hydrogen) atoms. The molecule has 0 radical (unpaired) electrons. The molecular weight excluding hydrogens is 290 g/mol. The van der Waals surface area contributed by atoms with Crippen LogP contribution in [0.2, 0.25) is 0 Å². The van der Waals surface area contributed by atoms with Crippen molar-refractivity contribution in [1.29, 1.82) is 5.26 Å². The zero-order valence-electron chi connectivity index (χ0n) is 11.7. The standard InChI is InChI=1S/C14H17N3O3S/c1-10(18)16-12-5-7-13(8-6-12)21(19,20)17-14-4-2-3-11(14)9-15/h5-8,11,14,17H,2-4H2,1H3,(H,16,18). The number of nitrogens with one attached hydrogen (secondary N) is 2. The fourth-order valence-corrected chi connectivity index (χ4v) is 3.75. The molecule has 0 saturated heterocycles. The smallest absolute Gasteiger partial charge is 0.240 e. The molecule has 0 bridgehead atoms. The van der Waals surface area contributed by atoms with E-state index in [1.807, 2.05) is 0 Å². The lowest BCUT2D eigenvalue weighted by Gasteiger charge is -2.16. The van der Waals surface area contributed by atoms with E-state index in [-0.39, 0.29) is 22.8 Å². The second kappa shape index (κ2) is 6.24. The van der Waals surface area contributed by atoms with Crippen LogP contribution in [0, 0.1) is 17.2 Å². The van der Waals surface area contributed by atoms with Gasteiger partial charge < -0.3 is 5.32 Å². The molecule has 6 nitrogen and oxygen atoms in total. The van der Waals surface area contributed by atoms with Crippen LogP contribution in [0.25, 0.3) is 0 Å². The number of rotatable bonds is 4. The summed E-state index contributed by atoms with van der Waals surface area (Å²) in [4.78, 5) is 11.0. The Morgan fingerprint density at radius 1 is 1.29 bits per heavy atom. The van der Waals surface area contributed by atoms with Crippen LogP contribution >= 0.6 is 0 Å². The van der Waals surface area contributed by atoms with Crippen molar-refractivity contribution in [1.82, 2.24) is 4.72 Å². The van der Waals surface area contributed by atoms with Crippen molar-refractivity contribution >= 4 is 21.6 Å². The molecular formula is C14H17N3O3S. The van der Waals surface area contributed by atoms with Crippen LogP contribution in [0.5, 0.6) is 0 Å². The third-order valence-electron chi connectivity index (χ3n) is 3.47. The minimum atomic E-state index is -3.65. The first-order valence-electron chi connectivity index (χ1n) is 6.72. The van der Waals surface area contributed by atoms with Crippen molar-refractivity contribution in [2.24, 2.45) is 5.92 Å². The summed E-state index contributed by atoms with van der Waals surface area (Å²) in [5, 5.41) is 11.6. The van der Waals surface area contributed by atoms with Crippen molar-refractivity contribution < 1.29 is 13.2 Å². The molecule has 2 unspecified atom stereocenters. The molecule has 1 aromatic carbocycles. The summed E-state index contributed by atoms with van der Waals surface area (Å²) in [7, 11) is -3.65. The third-order valence-corrected chi connectivity index (χ3v) is 4.98. The molecule has 1 aliphatic rings. The fourth-order valence-electron chi connectivity index (χ4n) is 2.44. The second-order valence-corrected chi connectivity index (χ2v) is 6.81. The van der Waals surface area contributed by atoms with E-state index in [4.69, 9.17) is 5.26 Å². The average molecular weight is 307 g/mol. The van der Waals surface area contributed by atoms with Gasteiger partial charge in [-0.05, 0) is 37.1 Å². The summed E-state index contributed by atoms with van der Waals surface area (Å²) in [6.45, 7) is 1.38. The number of hydrogen-bond donors (Lipinski definition) is 2. The normalized spacial score (nSPS) is 21.7. The highest BCUT2D eigenvalue weighted by molar-refractivity contribution is 7.89. The van der Waals surface area contributed by atoms with Gasteiger partial charge in [0.15, 0.2) is 0 Å². The molecule has 1 aliphatic carbocycles. The Labute approximate surface area is 124 Å². The van der Waals surface area contributed by atoms with Gasteiger partial charge in [-0.3, -0.25) is 4.79 Å². The van der Waals surface area contributed by atoms with Crippen LogP contribution in [0.3, 0.4) is 0 Å². The first-order chi connectivity index (χ1) is 9.92. The van der Waals surface area contributed by atoms with Gasteiger partial charge in [-0.15, -0.1) is 0 Å². The molecule has 1 amide bonds. The van der Waals surface area contributed by atoms with Gasteiger partial charge in [0.1, 0.15) is 0 Å². The van der Waals surface area contributed by atoms with Crippen LogP contribution in [-0.2, 0) is 14.8 Å². The number of nitriles is 1. The maximum atomic E-state index is 12.3. The number of nitrogens with zero attached hydrogens (tertiary/aromatic N) is 1. The largest absolute Gasteiger partial charge is 0.326 e. The molecule has 0 aromatic heterocycles. The molecule has 2 N–H and O–H groups in total. The van der Waals surface area contributed by atoms with Gasteiger partial charge in [0, 0.05) is 18.7 Å². The van der Waals surface area contributed by atoms with Crippen LogP contribution in [0.1, 0.15) is 26.2 Å². The van der Waals surface area contributed by atoms with Gasteiger partial charge in [0.2, 0.25) is 15.9 Å². The van der Waals surface area contributed by atoms with Gasteiger partial charge in [0.25, 0.3) is 0 Å². The molecule has 0 aliphatic heterocycles. The van der Waals surface area contributed by atoms with Crippen molar-refractivity contribution in [2.45, 2.75) is 37.1 Å². The average Bonchev–Trinajstić information content (AvgIpc) is 2.85. The van der Waals surface area contributed by atoms with Crippen LogP contribution in [0.15, 0.2) is 29.2 Å².